The Morgan fingerprint density at radius 2 is 1.86 bits per heavy atom. The average molecular weight is 404 g/mol. The lowest BCUT2D eigenvalue weighted by Crippen LogP contribution is -2.48. The molecule has 4 amide bonds. The highest BCUT2D eigenvalue weighted by Crippen LogP contribution is 2.41. The number of carbonyl (C=O) groups excluding carboxylic acids is 3. The van der Waals surface area contributed by atoms with Crippen molar-refractivity contribution in [1.29, 1.82) is 0 Å². The normalized spacial score (nSPS) is 22.2. The van der Waals surface area contributed by atoms with Gasteiger partial charge in [0.25, 0.3) is 5.91 Å². The third-order valence-electron chi connectivity index (χ3n) is 6.15. The van der Waals surface area contributed by atoms with Gasteiger partial charge < -0.3 is 10.6 Å². The number of hydrogen-bond acceptors (Lipinski definition) is 3. The van der Waals surface area contributed by atoms with Crippen molar-refractivity contribution < 1.29 is 14.4 Å². The van der Waals surface area contributed by atoms with Gasteiger partial charge in [-0.05, 0) is 49.3 Å². The van der Waals surface area contributed by atoms with Crippen molar-refractivity contribution in [3.63, 3.8) is 0 Å². The van der Waals surface area contributed by atoms with Crippen molar-refractivity contribution in [3.05, 3.63) is 34.9 Å². The van der Waals surface area contributed by atoms with E-state index in [0.29, 0.717) is 23.8 Å². The number of urea groups is 1. The van der Waals surface area contributed by atoms with Crippen LogP contribution in [0, 0.1) is 5.92 Å². The van der Waals surface area contributed by atoms with Crippen molar-refractivity contribution in [3.8, 4) is 0 Å². The maximum absolute atomic E-state index is 12.8. The first-order valence-corrected chi connectivity index (χ1v) is 10.6. The Hall–Kier alpha value is -2.08. The molecule has 0 unspecified atom stereocenters. The number of hydrogen-bond donors (Lipinski definition) is 2. The van der Waals surface area contributed by atoms with Crippen molar-refractivity contribution >= 4 is 29.4 Å². The summed E-state index contributed by atoms with van der Waals surface area (Å²) in [4.78, 5) is 38.9. The molecule has 3 aliphatic rings. The predicted molar refractivity (Wildman–Crippen MR) is 106 cm³/mol. The van der Waals surface area contributed by atoms with Gasteiger partial charge in [-0.15, -0.1) is 0 Å². The highest BCUT2D eigenvalue weighted by Gasteiger charge is 2.51. The Balaban J connectivity index is 1.35. The molecule has 3 fully saturated rings. The van der Waals surface area contributed by atoms with E-state index in [9.17, 15) is 14.4 Å². The second-order valence-electron chi connectivity index (χ2n) is 8.21. The minimum absolute atomic E-state index is 0.0439. The molecule has 28 heavy (non-hydrogen) atoms. The van der Waals surface area contributed by atoms with Gasteiger partial charge in [-0.3, -0.25) is 14.5 Å². The number of carbonyl (C=O) groups is 3. The zero-order valence-corrected chi connectivity index (χ0v) is 16.6. The van der Waals surface area contributed by atoms with Gasteiger partial charge >= 0.3 is 6.03 Å². The fraction of sp³-hybridized carbons (Fsp3) is 0.571. The minimum atomic E-state index is -0.730. The van der Waals surface area contributed by atoms with E-state index >= 15 is 0 Å². The lowest BCUT2D eigenvalue weighted by Gasteiger charge is -2.30. The van der Waals surface area contributed by atoms with Gasteiger partial charge in [-0.1, -0.05) is 43.0 Å². The zero-order valence-electron chi connectivity index (χ0n) is 15.9. The number of halogens is 1. The molecule has 6 nitrogen and oxygen atoms in total. The van der Waals surface area contributed by atoms with E-state index in [4.69, 9.17) is 11.6 Å². The zero-order chi connectivity index (χ0) is 19.7. The van der Waals surface area contributed by atoms with Crippen LogP contribution in [0.5, 0.6) is 0 Å². The molecule has 4 rings (SSSR count). The first-order chi connectivity index (χ1) is 13.5. The van der Waals surface area contributed by atoms with Crippen molar-refractivity contribution in [2.24, 2.45) is 5.92 Å². The van der Waals surface area contributed by atoms with Crippen LogP contribution in [0.2, 0.25) is 5.02 Å². The molecule has 0 aromatic heterocycles. The first-order valence-electron chi connectivity index (χ1n) is 10.2. The number of imide groups is 1. The van der Waals surface area contributed by atoms with Gasteiger partial charge in [0.15, 0.2) is 0 Å². The van der Waals surface area contributed by atoms with E-state index < -0.39 is 5.54 Å². The molecule has 1 aliphatic heterocycles. The van der Waals surface area contributed by atoms with Crippen molar-refractivity contribution in [2.45, 2.75) is 62.9 Å². The topological polar surface area (TPSA) is 78.5 Å². The standard InChI is InChI=1S/C21H26ClN3O3/c22-16-8-6-15(7-9-16)18(14-4-5-14)23-17(26)10-13-25-19(27)21(24-20(25)28)11-2-1-3-12-21/h6-9,14,18H,1-5,10-13H2,(H,23,26)(H,24,28)/t18-/m1/s1. The summed E-state index contributed by atoms with van der Waals surface area (Å²) in [5.41, 5.74) is 0.308. The van der Waals surface area contributed by atoms with Crippen LogP contribution in [0.1, 0.15) is 63.0 Å². The molecule has 1 aromatic rings. The van der Waals surface area contributed by atoms with E-state index in [-0.39, 0.29) is 36.9 Å². The van der Waals surface area contributed by atoms with Crippen LogP contribution in [0.25, 0.3) is 0 Å². The summed E-state index contributed by atoms with van der Waals surface area (Å²) in [7, 11) is 0. The van der Waals surface area contributed by atoms with E-state index in [1.165, 1.54) is 4.90 Å². The summed E-state index contributed by atoms with van der Waals surface area (Å²) in [6.45, 7) is 0.121. The molecular formula is C21H26ClN3O3. The summed E-state index contributed by atoms with van der Waals surface area (Å²) < 4.78 is 0. The fourth-order valence-corrected chi connectivity index (χ4v) is 4.53. The molecule has 1 saturated heterocycles. The van der Waals surface area contributed by atoms with Crippen LogP contribution < -0.4 is 10.6 Å². The van der Waals surface area contributed by atoms with E-state index in [1.807, 2.05) is 24.3 Å². The Labute approximate surface area is 170 Å². The summed E-state index contributed by atoms with van der Waals surface area (Å²) >= 11 is 5.97. The second-order valence-corrected chi connectivity index (χ2v) is 8.65. The quantitative estimate of drug-likeness (QED) is 0.713. The van der Waals surface area contributed by atoms with E-state index in [0.717, 1.165) is 37.7 Å². The molecule has 1 spiro atoms. The Morgan fingerprint density at radius 3 is 2.50 bits per heavy atom. The van der Waals surface area contributed by atoms with Crippen LogP contribution in [0.3, 0.4) is 0 Å². The first kappa shape index (κ1) is 19.2. The molecule has 150 valence electrons. The van der Waals surface area contributed by atoms with Crippen LogP contribution >= 0.6 is 11.6 Å². The van der Waals surface area contributed by atoms with Gasteiger partial charge in [0.05, 0.1) is 6.04 Å². The third-order valence-corrected chi connectivity index (χ3v) is 6.41. The van der Waals surface area contributed by atoms with Crippen molar-refractivity contribution in [1.82, 2.24) is 15.5 Å². The number of nitrogens with one attached hydrogen (secondary N) is 2. The van der Waals surface area contributed by atoms with Crippen molar-refractivity contribution in [2.75, 3.05) is 6.54 Å². The molecule has 7 heteroatoms. The van der Waals surface area contributed by atoms with E-state index in [2.05, 4.69) is 10.6 Å². The van der Waals surface area contributed by atoms with Crippen LogP contribution in [-0.2, 0) is 9.59 Å². The lowest BCUT2D eigenvalue weighted by atomic mass is 9.82. The van der Waals surface area contributed by atoms with E-state index in [1.54, 1.807) is 0 Å². The number of nitrogens with zero attached hydrogens (tertiary/aromatic N) is 1. The summed E-state index contributed by atoms with van der Waals surface area (Å²) in [5.74, 6) is 0.130. The smallest absolute Gasteiger partial charge is 0.325 e. The molecule has 1 aromatic carbocycles. The highest BCUT2D eigenvalue weighted by atomic mass is 35.5. The number of benzene rings is 1. The fourth-order valence-electron chi connectivity index (χ4n) is 4.41. The summed E-state index contributed by atoms with van der Waals surface area (Å²) in [6.07, 6.45) is 6.68. The SMILES string of the molecule is O=C(CCN1C(=O)NC2(CCCCC2)C1=O)N[C@@H](c1ccc(Cl)cc1)C1CC1. The van der Waals surface area contributed by atoms with Gasteiger partial charge in [-0.25, -0.2) is 4.79 Å². The van der Waals surface area contributed by atoms with Crippen LogP contribution in [0.15, 0.2) is 24.3 Å². The van der Waals surface area contributed by atoms with Crippen LogP contribution in [-0.4, -0.2) is 34.8 Å². The molecule has 1 atom stereocenters. The largest absolute Gasteiger partial charge is 0.349 e. The Morgan fingerprint density at radius 1 is 1.18 bits per heavy atom. The predicted octanol–water partition coefficient (Wildman–Crippen LogP) is 3.55. The Kier molecular flexibility index (Phi) is 5.32. The van der Waals surface area contributed by atoms with Gasteiger partial charge in [-0.2, -0.15) is 0 Å². The minimum Gasteiger partial charge on any atom is -0.349 e. The number of amides is 4. The maximum atomic E-state index is 12.8. The van der Waals surface area contributed by atoms with Gasteiger partial charge in [0, 0.05) is 18.0 Å². The molecule has 0 bridgehead atoms. The molecule has 1 heterocycles. The highest BCUT2D eigenvalue weighted by molar-refractivity contribution is 6.30. The average Bonchev–Trinajstić information content (AvgIpc) is 3.49. The molecule has 2 N–H and O–H groups in total. The van der Waals surface area contributed by atoms with Gasteiger partial charge in [0.1, 0.15) is 5.54 Å². The maximum Gasteiger partial charge on any atom is 0.325 e. The molecule has 2 aliphatic carbocycles. The molecule has 2 saturated carbocycles. The second kappa shape index (κ2) is 7.74. The lowest BCUT2D eigenvalue weighted by molar-refractivity contribution is -0.132. The number of rotatable bonds is 6. The third kappa shape index (κ3) is 3.88. The summed E-state index contributed by atoms with van der Waals surface area (Å²) in [5, 5.41) is 6.64. The Bertz CT molecular complexity index is 770. The monoisotopic (exact) mass is 403 g/mol. The molecular weight excluding hydrogens is 378 g/mol. The van der Waals surface area contributed by atoms with Gasteiger partial charge in [0.2, 0.25) is 5.91 Å². The van der Waals surface area contributed by atoms with Crippen LogP contribution in [0.4, 0.5) is 4.79 Å². The molecule has 0 radical (unpaired) electrons. The summed E-state index contributed by atoms with van der Waals surface area (Å²) in [6, 6.07) is 7.13.